The molecule has 2 atom stereocenters. The number of allylic oxidation sites excluding steroid dienone is 2. The lowest BCUT2D eigenvalue weighted by atomic mass is 9.70. The third-order valence-corrected chi connectivity index (χ3v) is 6.22. The van der Waals surface area contributed by atoms with Crippen molar-refractivity contribution in [3.8, 4) is 11.5 Å². The van der Waals surface area contributed by atoms with Crippen LogP contribution in [0.3, 0.4) is 0 Å². The Morgan fingerprint density at radius 1 is 0.784 bits per heavy atom. The maximum atomic E-state index is 14.8. The summed E-state index contributed by atoms with van der Waals surface area (Å²) in [5.41, 5.74) is -6.27. The van der Waals surface area contributed by atoms with Crippen LogP contribution in [0.25, 0.3) is 0 Å². The average molecular weight is 528 g/mol. The Labute approximate surface area is 210 Å². The highest BCUT2D eigenvalue weighted by Crippen LogP contribution is 2.57. The summed E-state index contributed by atoms with van der Waals surface area (Å²) in [6.45, 7) is 8.36. The molecule has 0 N–H and O–H groups in total. The predicted octanol–water partition coefficient (Wildman–Crippen LogP) is 6.11. The third kappa shape index (κ3) is 5.65. The van der Waals surface area contributed by atoms with Gasteiger partial charge in [0.15, 0.2) is 0 Å². The molecule has 10 heteroatoms. The van der Waals surface area contributed by atoms with Gasteiger partial charge in [-0.3, -0.25) is 0 Å². The maximum Gasteiger partial charge on any atom is 0.411 e. The fraction of sp³-hybridized carbons (Fsp3) is 0.407. The van der Waals surface area contributed by atoms with Crippen LogP contribution in [0.1, 0.15) is 22.3 Å². The van der Waals surface area contributed by atoms with Gasteiger partial charge in [-0.15, -0.1) is 13.2 Å². The zero-order valence-corrected chi connectivity index (χ0v) is 19.8. The highest BCUT2D eigenvalue weighted by Gasteiger charge is 2.73. The van der Waals surface area contributed by atoms with Crippen molar-refractivity contribution in [2.45, 2.75) is 42.8 Å². The van der Waals surface area contributed by atoms with Crippen molar-refractivity contribution in [2.24, 2.45) is 0 Å². The molecule has 2 aliphatic rings. The van der Waals surface area contributed by atoms with E-state index in [9.17, 15) is 26.3 Å². The minimum atomic E-state index is -5.74. The van der Waals surface area contributed by atoms with Crippen LogP contribution >= 0.6 is 0 Å². The van der Waals surface area contributed by atoms with Crippen molar-refractivity contribution >= 4 is 0 Å². The zero-order chi connectivity index (χ0) is 26.8. The molecule has 0 amide bonds. The molecule has 37 heavy (non-hydrogen) atoms. The van der Waals surface area contributed by atoms with Crippen molar-refractivity contribution in [1.82, 2.24) is 0 Å². The van der Waals surface area contributed by atoms with Crippen LogP contribution in [0.15, 0.2) is 61.7 Å². The summed E-state index contributed by atoms with van der Waals surface area (Å²) in [4.78, 5) is 0. The fourth-order valence-corrected chi connectivity index (χ4v) is 4.27. The van der Waals surface area contributed by atoms with E-state index in [4.69, 9.17) is 18.9 Å². The van der Waals surface area contributed by atoms with Crippen molar-refractivity contribution in [3.63, 3.8) is 0 Å². The van der Waals surface area contributed by atoms with Gasteiger partial charge in [-0.25, -0.2) is 0 Å². The van der Waals surface area contributed by atoms with Crippen LogP contribution in [0.5, 0.6) is 11.5 Å². The smallest absolute Gasteiger partial charge is 0.411 e. The molecule has 2 saturated heterocycles. The summed E-state index contributed by atoms with van der Waals surface area (Å²) in [6.07, 6.45) is -9.33. The van der Waals surface area contributed by atoms with E-state index in [-0.39, 0.29) is 60.9 Å². The molecule has 2 aromatic carbocycles. The van der Waals surface area contributed by atoms with Gasteiger partial charge in [0, 0.05) is 0 Å². The first kappa shape index (κ1) is 27.1. The van der Waals surface area contributed by atoms with Gasteiger partial charge in [0.25, 0.3) is 0 Å². The minimum Gasteiger partial charge on any atom is -0.491 e. The molecule has 2 heterocycles. The Kier molecular flexibility index (Phi) is 7.62. The Balaban J connectivity index is 1.88. The first-order valence-electron chi connectivity index (χ1n) is 11.6. The van der Waals surface area contributed by atoms with Crippen LogP contribution in [-0.2, 0) is 27.7 Å². The van der Waals surface area contributed by atoms with Crippen molar-refractivity contribution in [3.05, 3.63) is 84.0 Å². The second kappa shape index (κ2) is 10.4. The Morgan fingerprint density at radius 2 is 1.35 bits per heavy atom. The van der Waals surface area contributed by atoms with Crippen LogP contribution in [0.2, 0.25) is 0 Å². The standard InChI is InChI=1S/C27H26F6O4/c1-3-5-17-12-20(34-13-21-14-35-21)8-9-23(17)25(26(28,29)30,27(31,32)33)19-7-10-24(18(11-19)6-4-2)37-16-22-15-36-22/h3-4,7-12,21-22H,1-2,5-6,13-16H2. The molecular weight excluding hydrogens is 502 g/mol. The van der Waals surface area contributed by atoms with E-state index in [1.165, 1.54) is 18.2 Å². The largest absolute Gasteiger partial charge is 0.491 e. The van der Waals surface area contributed by atoms with Gasteiger partial charge in [0.05, 0.1) is 13.2 Å². The highest BCUT2D eigenvalue weighted by atomic mass is 19.4. The molecule has 2 aromatic rings. The number of halogens is 6. The number of hydrogen-bond acceptors (Lipinski definition) is 4. The monoisotopic (exact) mass is 528 g/mol. The van der Waals surface area contributed by atoms with E-state index in [0.717, 1.165) is 30.3 Å². The van der Waals surface area contributed by atoms with Gasteiger partial charge in [-0.1, -0.05) is 30.4 Å². The lowest BCUT2D eigenvalue weighted by molar-refractivity contribution is -0.288. The van der Waals surface area contributed by atoms with Gasteiger partial charge in [-0.2, -0.15) is 26.3 Å². The fourth-order valence-electron chi connectivity index (χ4n) is 4.27. The molecule has 0 bridgehead atoms. The molecule has 0 aliphatic carbocycles. The molecule has 0 aromatic heterocycles. The lowest BCUT2D eigenvalue weighted by Crippen LogP contribution is -2.55. The van der Waals surface area contributed by atoms with Gasteiger partial charge >= 0.3 is 12.4 Å². The summed E-state index contributed by atoms with van der Waals surface area (Å²) in [5, 5.41) is 0. The molecule has 4 nitrogen and oxygen atoms in total. The van der Waals surface area contributed by atoms with Crippen LogP contribution in [0, 0.1) is 0 Å². The van der Waals surface area contributed by atoms with E-state index >= 15 is 0 Å². The van der Waals surface area contributed by atoms with Gasteiger partial charge < -0.3 is 18.9 Å². The summed E-state index contributed by atoms with van der Waals surface area (Å²) >= 11 is 0. The average Bonchev–Trinajstić information content (AvgIpc) is 3.73. The second-order valence-corrected chi connectivity index (χ2v) is 8.91. The number of benzene rings is 2. The molecule has 0 spiro atoms. The number of ether oxygens (including phenoxy) is 4. The van der Waals surface area contributed by atoms with Gasteiger partial charge in [0.1, 0.15) is 36.9 Å². The molecule has 0 saturated carbocycles. The van der Waals surface area contributed by atoms with Crippen molar-refractivity contribution in [2.75, 3.05) is 26.4 Å². The Bertz CT molecular complexity index is 1120. The van der Waals surface area contributed by atoms with Crippen molar-refractivity contribution < 1.29 is 45.3 Å². The highest BCUT2D eigenvalue weighted by molar-refractivity contribution is 5.53. The molecule has 2 fully saturated rings. The minimum absolute atomic E-state index is 0.00994. The van der Waals surface area contributed by atoms with E-state index in [2.05, 4.69) is 13.2 Å². The van der Waals surface area contributed by atoms with Gasteiger partial charge in [-0.05, 0) is 53.3 Å². The maximum absolute atomic E-state index is 14.8. The Hall–Kier alpha value is -2.98. The SMILES string of the molecule is C=CCc1cc(C(c2ccc(OCC3CO3)cc2CC=C)(C(F)(F)F)C(F)(F)F)ccc1OCC1CO1. The van der Waals surface area contributed by atoms with Crippen LogP contribution in [0.4, 0.5) is 26.3 Å². The quantitative estimate of drug-likeness (QED) is 0.190. The number of hydrogen-bond donors (Lipinski definition) is 0. The molecular formula is C27H26F6O4. The van der Waals surface area contributed by atoms with Crippen molar-refractivity contribution in [1.29, 1.82) is 0 Å². The summed E-state index contributed by atoms with van der Waals surface area (Å²) in [6, 6.07) is 6.02. The first-order valence-corrected chi connectivity index (χ1v) is 11.6. The molecule has 2 aliphatic heterocycles. The van der Waals surface area contributed by atoms with E-state index in [1.54, 1.807) is 0 Å². The molecule has 0 radical (unpaired) electrons. The molecule has 2 unspecified atom stereocenters. The summed E-state index contributed by atoms with van der Waals surface area (Å²) < 4.78 is 110. The van der Waals surface area contributed by atoms with Crippen LogP contribution in [-0.4, -0.2) is 51.0 Å². The summed E-state index contributed by atoms with van der Waals surface area (Å²) in [5.74, 6) is 0.322. The lowest BCUT2D eigenvalue weighted by Gasteiger charge is -2.40. The van der Waals surface area contributed by atoms with Gasteiger partial charge in [0.2, 0.25) is 5.41 Å². The van der Waals surface area contributed by atoms with E-state index in [1.807, 2.05) is 0 Å². The second-order valence-electron chi connectivity index (χ2n) is 8.91. The summed E-state index contributed by atoms with van der Waals surface area (Å²) in [7, 11) is 0. The third-order valence-electron chi connectivity index (χ3n) is 6.22. The van der Waals surface area contributed by atoms with Crippen LogP contribution < -0.4 is 9.47 Å². The Morgan fingerprint density at radius 3 is 1.89 bits per heavy atom. The predicted molar refractivity (Wildman–Crippen MR) is 124 cm³/mol. The molecule has 4 rings (SSSR count). The molecule has 200 valence electrons. The first-order chi connectivity index (χ1) is 17.5. The topological polar surface area (TPSA) is 43.5 Å². The number of alkyl halides is 6. The number of rotatable bonds is 12. The zero-order valence-electron chi connectivity index (χ0n) is 19.8. The normalized spacial score (nSPS) is 19.3. The van der Waals surface area contributed by atoms with E-state index in [0.29, 0.717) is 13.2 Å². The van der Waals surface area contributed by atoms with E-state index < -0.39 is 28.9 Å². The number of epoxide rings is 2.